The third kappa shape index (κ3) is 3.98. The van der Waals surface area contributed by atoms with Crippen LogP contribution in [0.25, 0.3) is 0 Å². The van der Waals surface area contributed by atoms with Crippen LogP contribution in [-0.2, 0) is 11.3 Å². The largest absolute Gasteiger partial charge is 0.506 e. The van der Waals surface area contributed by atoms with E-state index in [9.17, 15) is 4.79 Å². The molecule has 104 valence electrons. The van der Waals surface area contributed by atoms with E-state index in [1.807, 2.05) is 31.2 Å². The van der Waals surface area contributed by atoms with E-state index in [0.717, 1.165) is 17.1 Å². The Morgan fingerprint density at radius 1 is 1.25 bits per heavy atom. The van der Waals surface area contributed by atoms with E-state index >= 15 is 0 Å². The van der Waals surface area contributed by atoms with Gasteiger partial charge in [-0.05, 0) is 30.3 Å². The van der Waals surface area contributed by atoms with Gasteiger partial charge < -0.3 is 15.7 Å². The Morgan fingerprint density at radius 3 is 2.75 bits per heavy atom. The van der Waals surface area contributed by atoms with Crippen molar-refractivity contribution in [2.45, 2.75) is 19.9 Å². The monoisotopic (exact) mass is 271 g/mol. The topological polar surface area (TPSA) is 74.2 Å². The van der Waals surface area contributed by atoms with E-state index < -0.39 is 0 Å². The molecule has 0 bridgehead atoms. The molecule has 1 amide bonds. The fourth-order valence-electron chi connectivity index (χ4n) is 1.67. The first-order valence-corrected chi connectivity index (χ1v) is 6.45. The first-order valence-electron chi connectivity index (χ1n) is 6.45. The number of aromatic nitrogens is 1. The molecule has 0 unspecified atom stereocenters. The first-order chi connectivity index (χ1) is 9.67. The second kappa shape index (κ2) is 6.56. The van der Waals surface area contributed by atoms with Gasteiger partial charge in [-0.3, -0.25) is 9.78 Å². The van der Waals surface area contributed by atoms with E-state index in [-0.39, 0.29) is 11.7 Å². The molecule has 0 radical (unpaired) electrons. The zero-order valence-corrected chi connectivity index (χ0v) is 11.3. The van der Waals surface area contributed by atoms with Crippen LogP contribution < -0.4 is 10.6 Å². The number of anilines is 2. The Balaban J connectivity index is 1.97. The second-order valence-corrected chi connectivity index (χ2v) is 4.34. The molecule has 5 heteroatoms. The van der Waals surface area contributed by atoms with Gasteiger partial charge in [-0.25, -0.2) is 0 Å². The van der Waals surface area contributed by atoms with Crippen LogP contribution in [0.1, 0.15) is 19.0 Å². The van der Waals surface area contributed by atoms with E-state index in [1.54, 1.807) is 12.1 Å². The standard InChI is InChI=1S/C15H17N3O2/c1-2-15(20)18-12-5-3-4-11(8-12)16-9-13-6-7-14(19)10-17-13/h3-8,10,16,19H,2,9H2,1H3,(H,18,20). The van der Waals surface area contributed by atoms with E-state index in [0.29, 0.717) is 13.0 Å². The number of nitrogens with one attached hydrogen (secondary N) is 2. The molecule has 3 N–H and O–H groups in total. The Hall–Kier alpha value is -2.56. The fraction of sp³-hybridized carbons (Fsp3) is 0.200. The normalized spacial score (nSPS) is 10.1. The van der Waals surface area contributed by atoms with E-state index in [1.165, 1.54) is 6.20 Å². The lowest BCUT2D eigenvalue weighted by molar-refractivity contribution is -0.115. The van der Waals surface area contributed by atoms with Crippen LogP contribution in [0.3, 0.4) is 0 Å². The highest BCUT2D eigenvalue weighted by Gasteiger charge is 2.00. The summed E-state index contributed by atoms with van der Waals surface area (Å²) >= 11 is 0. The molecule has 20 heavy (non-hydrogen) atoms. The van der Waals surface area contributed by atoms with Crippen molar-refractivity contribution >= 4 is 17.3 Å². The highest BCUT2D eigenvalue weighted by molar-refractivity contribution is 5.90. The second-order valence-electron chi connectivity index (χ2n) is 4.34. The van der Waals surface area contributed by atoms with Gasteiger partial charge >= 0.3 is 0 Å². The van der Waals surface area contributed by atoms with Crippen molar-refractivity contribution in [1.82, 2.24) is 4.98 Å². The minimum absolute atomic E-state index is 0.0117. The summed E-state index contributed by atoms with van der Waals surface area (Å²) in [5, 5.41) is 15.2. The number of pyridine rings is 1. The van der Waals surface area contributed by atoms with Crippen LogP contribution in [0.5, 0.6) is 5.75 Å². The van der Waals surface area contributed by atoms with Gasteiger partial charge in [0.25, 0.3) is 0 Å². The quantitative estimate of drug-likeness (QED) is 0.781. The lowest BCUT2D eigenvalue weighted by Crippen LogP contribution is -2.09. The molecular weight excluding hydrogens is 254 g/mol. The molecule has 0 fully saturated rings. The van der Waals surface area contributed by atoms with Crippen LogP contribution in [-0.4, -0.2) is 16.0 Å². The van der Waals surface area contributed by atoms with Gasteiger partial charge in [0, 0.05) is 17.8 Å². The Kier molecular flexibility index (Phi) is 4.55. The highest BCUT2D eigenvalue weighted by Crippen LogP contribution is 2.16. The summed E-state index contributed by atoms with van der Waals surface area (Å²) in [4.78, 5) is 15.4. The van der Waals surface area contributed by atoms with Crippen molar-refractivity contribution in [3.05, 3.63) is 48.3 Å². The van der Waals surface area contributed by atoms with Crippen molar-refractivity contribution in [3.63, 3.8) is 0 Å². The van der Waals surface area contributed by atoms with Gasteiger partial charge in [0.05, 0.1) is 18.4 Å². The number of nitrogens with zero attached hydrogens (tertiary/aromatic N) is 1. The van der Waals surface area contributed by atoms with Crippen molar-refractivity contribution in [3.8, 4) is 5.75 Å². The fourth-order valence-corrected chi connectivity index (χ4v) is 1.67. The number of benzene rings is 1. The zero-order chi connectivity index (χ0) is 14.4. The van der Waals surface area contributed by atoms with Crippen molar-refractivity contribution in [2.75, 3.05) is 10.6 Å². The maximum atomic E-state index is 11.3. The Labute approximate surface area is 117 Å². The van der Waals surface area contributed by atoms with Crippen LogP contribution in [0.15, 0.2) is 42.6 Å². The van der Waals surface area contributed by atoms with Gasteiger partial charge in [-0.2, -0.15) is 0 Å². The molecule has 0 atom stereocenters. The molecule has 0 aliphatic carbocycles. The molecule has 1 aromatic heterocycles. The summed E-state index contributed by atoms with van der Waals surface area (Å²) in [6.45, 7) is 2.36. The average Bonchev–Trinajstić information content (AvgIpc) is 2.47. The third-order valence-corrected chi connectivity index (χ3v) is 2.75. The minimum Gasteiger partial charge on any atom is -0.506 e. The van der Waals surface area contributed by atoms with Gasteiger partial charge in [0.1, 0.15) is 5.75 Å². The van der Waals surface area contributed by atoms with Crippen molar-refractivity contribution in [2.24, 2.45) is 0 Å². The summed E-state index contributed by atoms with van der Waals surface area (Å²) < 4.78 is 0. The molecule has 5 nitrogen and oxygen atoms in total. The molecule has 0 aliphatic heterocycles. The van der Waals surface area contributed by atoms with Crippen LogP contribution in [0.2, 0.25) is 0 Å². The summed E-state index contributed by atoms with van der Waals surface area (Å²) in [6, 6.07) is 10.9. The lowest BCUT2D eigenvalue weighted by Gasteiger charge is -2.09. The highest BCUT2D eigenvalue weighted by atomic mass is 16.3. The van der Waals surface area contributed by atoms with Crippen LogP contribution >= 0.6 is 0 Å². The number of hydrogen-bond acceptors (Lipinski definition) is 4. The van der Waals surface area contributed by atoms with Gasteiger partial charge in [0.15, 0.2) is 0 Å². The number of amides is 1. The van der Waals surface area contributed by atoms with Gasteiger partial charge in [-0.15, -0.1) is 0 Å². The van der Waals surface area contributed by atoms with Crippen LogP contribution in [0, 0.1) is 0 Å². The predicted molar refractivity (Wildman–Crippen MR) is 78.6 cm³/mol. The Bertz CT molecular complexity index is 582. The summed E-state index contributed by atoms with van der Waals surface area (Å²) in [6.07, 6.45) is 1.87. The number of hydrogen-bond donors (Lipinski definition) is 3. The van der Waals surface area contributed by atoms with E-state index in [2.05, 4.69) is 15.6 Å². The van der Waals surface area contributed by atoms with Gasteiger partial charge in [0.2, 0.25) is 5.91 Å². The number of aromatic hydroxyl groups is 1. The van der Waals surface area contributed by atoms with Crippen molar-refractivity contribution in [1.29, 1.82) is 0 Å². The van der Waals surface area contributed by atoms with Gasteiger partial charge in [-0.1, -0.05) is 13.0 Å². The first kappa shape index (κ1) is 13.9. The maximum absolute atomic E-state index is 11.3. The molecule has 2 aromatic rings. The summed E-state index contributed by atoms with van der Waals surface area (Å²) in [5.41, 5.74) is 2.49. The smallest absolute Gasteiger partial charge is 0.224 e. The number of rotatable bonds is 5. The molecule has 0 saturated heterocycles. The number of carbonyl (C=O) groups excluding carboxylic acids is 1. The van der Waals surface area contributed by atoms with Crippen molar-refractivity contribution < 1.29 is 9.90 Å². The average molecular weight is 271 g/mol. The van der Waals surface area contributed by atoms with E-state index in [4.69, 9.17) is 5.11 Å². The zero-order valence-electron chi connectivity index (χ0n) is 11.3. The molecule has 0 aliphatic rings. The Morgan fingerprint density at radius 2 is 2.05 bits per heavy atom. The molecule has 0 saturated carbocycles. The maximum Gasteiger partial charge on any atom is 0.224 e. The van der Waals surface area contributed by atoms with Crippen LogP contribution in [0.4, 0.5) is 11.4 Å². The number of carbonyl (C=O) groups is 1. The SMILES string of the molecule is CCC(=O)Nc1cccc(NCc2ccc(O)cn2)c1. The molecule has 0 spiro atoms. The molecular formula is C15H17N3O2. The summed E-state index contributed by atoms with van der Waals surface area (Å²) in [5.74, 6) is 0.139. The molecule has 1 aromatic carbocycles. The summed E-state index contributed by atoms with van der Waals surface area (Å²) in [7, 11) is 0. The molecule has 1 heterocycles. The predicted octanol–water partition coefficient (Wildman–Crippen LogP) is 2.75. The lowest BCUT2D eigenvalue weighted by atomic mass is 10.2. The third-order valence-electron chi connectivity index (χ3n) is 2.75. The molecule has 2 rings (SSSR count). The minimum atomic E-state index is -0.0117.